The molecule has 0 bridgehead atoms. The van der Waals surface area contributed by atoms with Crippen molar-refractivity contribution in [2.45, 2.75) is 26.4 Å². The Bertz CT molecular complexity index is 1160. The maximum absolute atomic E-state index is 12.2. The van der Waals surface area contributed by atoms with Gasteiger partial charge < -0.3 is 19.9 Å². The highest BCUT2D eigenvalue weighted by molar-refractivity contribution is 6.00. The van der Waals surface area contributed by atoms with Crippen molar-refractivity contribution in [3.05, 3.63) is 82.7 Å². The molecule has 1 aliphatic rings. The zero-order valence-corrected chi connectivity index (χ0v) is 18.0. The summed E-state index contributed by atoms with van der Waals surface area (Å²) in [6, 6.07) is 12.3. The van der Waals surface area contributed by atoms with E-state index in [1.807, 2.05) is 26.0 Å². The van der Waals surface area contributed by atoms with Gasteiger partial charge in [0.2, 0.25) is 5.91 Å². The van der Waals surface area contributed by atoms with Gasteiger partial charge in [0.15, 0.2) is 11.9 Å². The van der Waals surface area contributed by atoms with Crippen molar-refractivity contribution in [2.75, 3.05) is 13.2 Å². The highest BCUT2D eigenvalue weighted by Gasteiger charge is 2.26. The molecule has 164 valence electrons. The lowest BCUT2D eigenvalue weighted by Crippen LogP contribution is -2.18. The van der Waals surface area contributed by atoms with Crippen LogP contribution < -0.4 is 19.9 Å². The number of fused-ring (bicyclic) bond motifs is 1. The Kier molecular flexibility index (Phi) is 6.07. The van der Waals surface area contributed by atoms with Gasteiger partial charge in [-0.2, -0.15) is 0 Å². The Balaban J connectivity index is 1.80. The highest BCUT2D eigenvalue weighted by Crippen LogP contribution is 2.40. The van der Waals surface area contributed by atoms with Gasteiger partial charge in [0, 0.05) is 41.1 Å². The van der Waals surface area contributed by atoms with Crippen molar-refractivity contribution >= 4 is 11.7 Å². The standard InChI is InChI=1S/C25H24N2O5/c1-3-30-22-14-17(25(26)29)4-5-19(22)24(16-8-11-27-12-9-16)32-21-7-6-18-20(28)10-13-31-23(18)15(21)2/h4-9,11-12,14,24H,3,10,13H2,1-2H3,(H2,26,29). The number of amides is 1. The third-order valence-corrected chi connectivity index (χ3v) is 5.37. The van der Waals surface area contributed by atoms with E-state index >= 15 is 0 Å². The molecule has 0 saturated carbocycles. The molecule has 1 aliphatic heterocycles. The minimum absolute atomic E-state index is 0.0623. The van der Waals surface area contributed by atoms with Crippen LogP contribution in [-0.4, -0.2) is 29.9 Å². The molecule has 2 heterocycles. The van der Waals surface area contributed by atoms with Crippen molar-refractivity contribution in [1.29, 1.82) is 0 Å². The summed E-state index contributed by atoms with van der Waals surface area (Å²) in [5.41, 5.74) is 8.72. The molecule has 0 aliphatic carbocycles. The van der Waals surface area contributed by atoms with Crippen LogP contribution >= 0.6 is 0 Å². The van der Waals surface area contributed by atoms with Crippen LogP contribution in [0.5, 0.6) is 17.2 Å². The number of pyridine rings is 1. The summed E-state index contributed by atoms with van der Waals surface area (Å²) in [5, 5.41) is 0. The van der Waals surface area contributed by atoms with Crippen LogP contribution in [0.25, 0.3) is 0 Å². The first-order valence-corrected chi connectivity index (χ1v) is 10.4. The Morgan fingerprint density at radius 1 is 1.16 bits per heavy atom. The number of ketones is 1. The van der Waals surface area contributed by atoms with Crippen LogP contribution in [0, 0.1) is 6.92 Å². The number of hydrogen-bond donors (Lipinski definition) is 1. The number of primary amides is 1. The lowest BCUT2D eigenvalue weighted by Gasteiger charge is -2.25. The van der Waals surface area contributed by atoms with Gasteiger partial charge in [0.25, 0.3) is 0 Å². The second-order valence-corrected chi connectivity index (χ2v) is 7.42. The molecular formula is C25H24N2O5. The molecule has 2 aromatic carbocycles. The van der Waals surface area contributed by atoms with Gasteiger partial charge >= 0.3 is 0 Å². The quantitative estimate of drug-likeness (QED) is 0.605. The van der Waals surface area contributed by atoms with E-state index in [0.717, 1.165) is 16.7 Å². The number of Topliss-reactive ketones (excluding diaryl/α,β-unsaturated/α-hetero) is 1. The third-order valence-electron chi connectivity index (χ3n) is 5.37. The number of benzene rings is 2. The minimum Gasteiger partial charge on any atom is -0.493 e. The molecule has 1 amide bonds. The fourth-order valence-corrected chi connectivity index (χ4v) is 3.75. The first-order valence-electron chi connectivity index (χ1n) is 10.4. The van der Waals surface area contributed by atoms with Gasteiger partial charge in [0.05, 0.1) is 18.8 Å². The highest BCUT2D eigenvalue weighted by atomic mass is 16.5. The van der Waals surface area contributed by atoms with Crippen LogP contribution in [0.15, 0.2) is 54.9 Å². The Morgan fingerprint density at radius 2 is 1.94 bits per heavy atom. The van der Waals surface area contributed by atoms with Gasteiger partial charge in [-0.25, -0.2) is 0 Å². The molecule has 1 unspecified atom stereocenters. The molecular weight excluding hydrogens is 408 g/mol. The molecule has 0 saturated heterocycles. The zero-order chi connectivity index (χ0) is 22.7. The third kappa shape index (κ3) is 4.14. The number of carbonyl (C=O) groups excluding carboxylic acids is 2. The molecule has 0 radical (unpaired) electrons. The average Bonchev–Trinajstić information content (AvgIpc) is 2.80. The largest absolute Gasteiger partial charge is 0.493 e. The second-order valence-electron chi connectivity index (χ2n) is 7.42. The summed E-state index contributed by atoms with van der Waals surface area (Å²) in [4.78, 5) is 28.0. The Morgan fingerprint density at radius 3 is 2.66 bits per heavy atom. The van der Waals surface area contributed by atoms with E-state index in [9.17, 15) is 9.59 Å². The fourth-order valence-electron chi connectivity index (χ4n) is 3.75. The lowest BCUT2D eigenvalue weighted by molar-refractivity contribution is 0.0931. The summed E-state index contributed by atoms with van der Waals surface area (Å²) in [7, 11) is 0. The Hall–Kier alpha value is -3.87. The van der Waals surface area contributed by atoms with Gasteiger partial charge in [-0.1, -0.05) is 6.07 Å². The van der Waals surface area contributed by atoms with E-state index in [2.05, 4.69) is 4.98 Å². The predicted octanol–water partition coefficient (Wildman–Crippen LogP) is 4.02. The van der Waals surface area contributed by atoms with E-state index < -0.39 is 12.0 Å². The van der Waals surface area contributed by atoms with Crippen LogP contribution in [-0.2, 0) is 0 Å². The van der Waals surface area contributed by atoms with Gasteiger partial charge in [0.1, 0.15) is 17.2 Å². The van der Waals surface area contributed by atoms with Gasteiger partial charge in [-0.05, 0) is 50.2 Å². The van der Waals surface area contributed by atoms with E-state index in [0.29, 0.717) is 48.0 Å². The van der Waals surface area contributed by atoms with Crippen molar-refractivity contribution in [1.82, 2.24) is 4.98 Å². The summed E-state index contributed by atoms with van der Waals surface area (Å²) >= 11 is 0. The van der Waals surface area contributed by atoms with Gasteiger partial charge in [-0.3, -0.25) is 14.6 Å². The first kappa shape index (κ1) is 21.4. The second kappa shape index (κ2) is 9.09. The normalized spacial score (nSPS) is 13.6. The summed E-state index contributed by atoms with van der Waals surface area (Å²) in [5.74, 6) is 1.18. The number of aromatic nitrogens is 1. The molecule has 1 atom stereocenters. The molecule has 0 fully saturated rings. The van der Waals surface area contributed by atoms with Crippen LogP contribution in [0.3, 0.4) is 0 Å². The van der Waals surface area contributed by atoms with Crippen LogP contribution in [0.4, 0.5) is 0 Å². The summed E-state index contributed by atoms with van der Waals surface area (Å²) in [6.07, 6.45) is 3.19. The molecule has 32 heavy (non-hydrogen) atoms. The number of nitrogens with zero attached hydrogens (tertiary/aromatic N) is 1. The number of carbonyl (C=O) groups is 2. The molecule has 4 rings (SSSR count). The lowest BCUT2D eigenvalue weighted by atomic mass is 9.98. The van der Waals surface area contributed by atoms with Crippen LogP contribution in [0.1, 0.15) is 56.9 Å². The van der Waals surface area contributed by atoms with Crippen molar-refractivity contribution in [3.63, 3.8) is 0 Å². The van der Waals surface area contributed by atoms with Crippen molar-refractivity contribution in [2.24, 2.45) is 5.73 Å². The molecule has 2 N–H and O–H groups in total. The van der Waals surface area contributed by atoms with E-state index in [-0.39, 0.29) is 5.78 Å². The maximum atomic E-state index is 12.2. The fraction of sp³-hybridized carbons (Fsp3) is 0.240. The smallest absolute Gasteiger partial charge is 0.248 e. The molecule has 7 heteroatoms. The van der Waals surface area contributed by atoms with E-state index in [4.69, 9.17) is 19.9 Å². The number of rotatable bonds is 7. The van der Waals surface area contributed by atoms with Gasteiger partial charge in [-0.15, -0.1) is 0 Å². The summed E-state index contributed by atoms with van der Waals surface area (Å²) in [6.45, 7) is 4.50. The SMILES string of the molecule is CCOc1cc(C(N)=O)ccc1C(Oc1ccc2c(c1C)OCCC2=O)c1ccncc1. The van der Waals surface area contributed by atoms with Crippen molar-refractivity contribution < 1.29 is 23.8 Å². The topological polar surface area (TPSA) is 101 Å². The Labute approximate surface area is 186 Å². The summed E-state index contributed by atoms with van der Waals surface area (Å²) < 4.78 is 18.1. The molecule has 7 nitrogen and oxygen atoms in total. The van der Waals surface area contributed by atoms with Crippen molar-refractivity contribution in [3.8, 4) is 17.2 Å². The molecule has 3 aromatic rings. The monoisotopic (exact) mass is 432 g/mol. The maximum Gasteiger partial charge on any atom is 0.248 e. The van der Waals surface area contributed by atoms with Crippen LogP contribution in [0.2, 0.25) is 0 Å². The first-order chi connectivity index (χ1) is 15.5. The minimum atomic E-state index is -0.558. The number of hydrogen-bond acceptors (Lipinski definition) is 6. The predicted molar refractivity (Wildman–Crippen MR) is 118 cm³/mol. The van der Waals surface area contributed by atoms with E-state index in [1.54, 1.807) is 42.7 Å². The molecule has 0 spiro atoms. The average molecular weight is 432 g/mol. The number of nitrogens with two attached hydrogens (primary N) is 1. The number of ether oxygens (including phenoxy) is 3. The zero-order valence-electron chi connectivity index (χ0n) is 18.0. The molecule has 1 aromatic heterocycles. The van der Waals surface area contributed by atoms with E-state index in [1.165, 1.54) is 0 Å².